The Bertz CT molecular complexity index is 738. The van der Waals surface area contributed by atoms with Crippen LogP contribution in [0.4, 0.5) is 0 Å². The molecule has 0 bridgehead atoms. The van der Waals surface area contributed by atoms with Crippen LogP contribution in [0.2, 0.25) is 0 Å². The van der Waals surface area contributed by atoms with Crippen molar-refractivity contribution in [2.45, 2.75) is 25.2 Å². The molecule has 108 valence electrons. The van der Waals surface area contributed by atoms with Crippen LogP contribution in [-0.2, 0) is 16.4 Å². The van der Waals surface area contributed by atoms with Gasteiger partial charge in [0.05, 0.1) is 7.11 Å². The van der Waals surface area contributed by atoms with Gasteiger partial charge in [-0.05, 0) is 24.6 Å². The molecule has 1 aromatic heterocycles. The second-order valence-electron chi connectivity index (χ2n) is 4.25. The summed E-state index contributed by atoms with van der Waals surface area (Å²) in [4.78, 5) is 4.17. The van der Waals surface area contributed by atoms with Crippen LogP contribution in [-0.4, -0.2) is 24.5 Å². The van der Waals surface area contributed by atoms with Gasteiger partial charge in [0.1, 0.15) is 16.5 Å². The Morgan fingerprint density at radius 1 is 1.40 bits per heavy atom. The average molecular weight is 359 g/mol. The van der Waals surface area contributed by atoms with Crippen LogP contribution in [0, 0.1) is 6.92 Å². The fraction of sp³-hybridized carbons (Fsp3) is 0.308. The van der Waals surface area contributed by atoms with E-state index in [4.69, 9.17) is 4.74 Å². The molecule has 0 saturated heterocycles. The molecule has 0 aliphatic heterocycles. The Labute approximate surface area is 126 Å². The molecule has 0 aliphatic rings. The number of hydrogen-bond acceptors (Lipinski definition) is 4. The molecule has 0 saturated carbocycles. The molecule has 0 spiro atoms. The van der Waals surface area contributed by atoms with Crippen molar-refractivity contribution in [3.05, 3.63) is 40.4 Å². The van der Waals surface area contributed by atoms with Gasteiger partial charge < -0.3 is 4.74 Å². The van der Waals surface area contributed by atoms with Crippen molar-refractivity contribution in [3.63, 3.8) is 0 Å². The number of ether oxygens (including phenoxy) is 1. The maximum Gasteiger partial charge on any atom is 0.272 e. The first kappa shape index (κ1) is 15.1. The lowest BCUT2D eigenvalue weighted by Gasteiger charge is -2.13. The molecular weight excluding hydrogens is 344 g/mol. The molecule has 0 unspecified atom stereocenters. The van der Waals surface area contributed by atoms with Gasteiger partial charge >= 0.3 is 0 Å². The third kappa shape index (κ3) is 2.47. The molecule has 20 heavy (non-hydrogen) atoms. The normalized spacial score (nSPS) is 11.6. The fourth-order valence-electron chi connectivity index (χ4n) is 1.89. The number of aryl methyl sites for hydroxylation is 2. The van der Waals surface area contributed by atoms with E-state index in [1.54, 1.807) is 12.1 Å². The second-order valence-corrected chi connectivity index (χ2v) is 6.89. The number of halogens is 1. The van der Waals surface area contributed by atoms with Crippen LogP contribution in [0.15, 0.2) is 33.9 Å². The number of hydrogen-bond donors (Lipinski definition) is 0. The van der Waals surface area contributed by atoms with E-state index in [0.717, 1.165) is 10.0 Å². The van der Waals surface area contributed by atoms with Crippen LogP contribution in [0.25, 0.3) is 0 Å². The summed E-state index contributed by atoms with van der Waals surface area (Å²) in [5.41, 5.74) is 0.905. The summed E-state index contributed by atoms with van der Waals surface area (Å²) in [6.45, 7) is 3.73. The second kappa shape index (κ2) is 5.57. The van der Waals surface area contributed by atoms with Crippen LogP contribution in [0.1, 0.15) is 18.3 Å². The Morgan fingerprint density at radius 2 is 2.10 bits per heavy atom. The van der Waals surface area contributed by atoms with Crippen molar-refractivity contribution >= 4 is 26.0 Å². The minimum absolute atomic E-state index is 0.116. The van der Waals surface area contributed by atoms with E-state index in [1.807, 2.05) is 13.8 Å². The smallest absolute Gasteiger partial charge is 0.272 e. The van der Waals surface area contributed by atoms with Crippen LogP contribution in [0.5, 0.6) is 5.75 Å². The summed E-state index contributed by atoms with van der Waals surface area (Å²) in [6, 6.07) is 3.25. The fourth-order valence-corrected chi connectivity index (χ4v) is 3.93. The zero-order chi connectivity index (χ0) is 14.9. The predicted octanol–water partition coefficient (Wildman–Crippen LogP) is 2.76. The summed E-state index contributed by atoms with van der Waals surface area (Å²) >= 11 is 3.36. The number of imidazole rings is 1. The Hall–Kier alpha value is -1.34. The molecule has 2 aromatic rings. The SMILES string of the molecule is CCc1nccn1S(=O)(=O)c1cc(Br)c(C)cc1OC. The molecule has 7 heteroatoms. The van der Waals surface area contributed by atoms with E-state index in [1.165, 1.54) is 23.5 Å². The van der Waals surface area contributed by atoms with E-state index in [2.05, 4.69) is 20.9 Å². The summed E-state index contributed by atoms with van der Waals surface area (Å²) in [5.74, 6) is 0.810. The highest BCUT2D eigenvalue weighted by Gasteiger charge is 2.24. The van der Waals surface area contributed by atoms with Gasteiger partial charge in [-0.3, -0.25) is 0 Å². The van der Waals surface area contributed by atoms with Crippen molar-refractivity contribution < 1.29 is 13.2 Å². The molecule has 5 nitrogen and oxygen atoms in total. The van der Waals surface area contributed by atoms with Crippen molar-refractivity contribution in [2.24, 2.45) is 0 Å². The van der Waals surface area contributed by atoms with Gasteiger partial charge in [0.15, 0.2) is 0 Å². The monoisotopic (exact) mass is 358 g/mol. The third-order valence-electron chi connectivity index (χ3n) is 2.98. The molecule has 0 radical (unpaired) electrons. The Morgan fingerprint density at radius 3 is 2.70 bits per heavy atom. The Balaban J connectivity index is 2.69. The van der Waals surface area contributed by atoms with E-state index in [9.17, 15) is 8.42 Å². The van der Waals surface area contributed by atoms with Crippen LogP contribution >= 0.6 is 15.9 Å². The van der Waals surface area contributed by atoms with Gasteiger partial charge in [0, 0.05) is 23.3 Å². The quantitative estimate of drug-likeness (QED) is 0.842. The number of nitrogens with zero attached hydrogens (tertiary/aromatic N) is 2. The highest BCUT2D eigenvalue weighted by atomic mass is 79.9. The summed E-state index contributed by atoms with van der Waals surface area (Å²) in [7, 11) is -2.27. The van der Waals surface area contributed by atoms with Crippen molar-refractivity contribution in [1.29, 1.82) is 0 Å². The molecule has 1 aromatic carbocycles. The van der Waals surface area contributed by atoms with Crippen molar-refractivity contribution in [3.8, 4) is 5.75 Å². The molecular formula is C13H15BrN2O3S. The van der Waals surface area contributed by atoms with Crippen molar-refractivity contribution in [2.75, 3.05) is 7.11 Å². The largest absolute Gasteiger partial charge is 0.495 e. The first-order valence-corrected chi connectivity index (χ1v) is 8.27. The average Bonchev–Trinajstić information content (AvgIpc) is 2.90. The Kier molecular flexibility index (Phi) is 4.19. The maximum atomic E-state index is 12.7. The van der Waals surface area contributed by atoms with E-state index >= 15 is 0 Å². The first-order valence-electron chi connectivity index (χ1n) is 6.03. The molecule has 1 heterocycles. The lowest BCUT2D eigenvalue weighted by atomic mass is 10.2. The molecule has 2 rings (SSSR count). The summed E-state index contributed by atoms with van der Waals surface area (Å²) in [6.07, 6.45) is 3.45. The number of rotatable bonds is 4. The van der Waals surface area contributed by atoms with Gasteiger partial charge in [-0.25, -0.2) is 17.4 Å². The van der Waals surface area contributed by atoms with Gasteiger partial charge in [0.2, 0.25) is 0 Å². The van der Waals surface area contributed by atoms with Crippen LogP contribution < -0.4 is 4.74 Å². The van der Waals surface area contributed by atoms with E-state index in [-0.39, 0.29) is 4.90 Å². The lowest BCUT2D eigenvalue weighted by Crippen LogP contribution is -2.16. The summed E-state index contributed by atoms with van der Waals surface area (Å²) in [5, 5.41) is 0. The molecule has 0 amide bonds. The first-order chi connectivity index (χ1) is 9.41. The predicted molar refractivity (Wildman–Crippen MR) is 79.6 cm³/mol. The molecule has 0 aliphatic carbocycles. The van der Waals surface area contributed by atoms with Crippen LogP contribution in [0.3, 0.4) is 0 Å². The molecule has 0 fully saturated rings. The van der Waals surface area contributed by atoms with E-state index < -0.39 is 10.0 Å². The minimum atomic E-state index is -3.72. The standard InChI is InChI=1S/C13H15BrN2O3S/c1-4-13-15-5-6-16(13)20(17,18)12-8-10(14)9(2)7-11(12)19-3/h5-8H,4H2,1-3H3. The lowest BCUT2D eigenvalue weighted by molar-refractivity contribution is 0.402. The highest BCUT2D eigenvalue weighted by Crippen LogP contribution is 2.32. The zero-order valence-electron chi connectivity index (χ0n) is 11.4. The van der Waals surface area contributed by atoms with Gasteiger partial charge in [-0.1, -0.05) is 22.9 Å². The highest BCUT2D eigenvalue weighted by molar-refractivity contribution is 9.10. The number of aromatic nitrogens is 2. The van der Waals surface area contributed by atoms with E-state index in [0.29, 0.717) is 18.0 Å². The minimum Gasteiger partial charge on any atom is -0.495 e. The zero-order valence-corrected chi connectivity index (χ0v) is 13.8. The van der Waals surface area contributed by atoms with Gasteiger partial charge in [-0.15, -0.1) is 0 Å². The molecule has 0 atom stereocenters. The third-order valence-corrected chi connectivity index (χ3v) is 5.56. The number of methoxy groups -OCH3 is 1. The molecule has 0 N–H and O–H groups in total. The summed E-state index contributed by atoms with van der Waals surface area (Å²) < 4.78 is 32.6. The maximum absolute atomic E-state index is 12.7. The topological polar surface area (TPSA) is 61.2 Å². The van der Waals surface area contributed by atoms with Gasteiger partial charge in [0.25, 0.3) is 10.0 Å². The number of benzene rings is 1. The van der Waals surface area contributed by atoms with Gasteiger partial charge in [-0.2, -0.15) is 0 Å². The van der Waals surface area contributed by atoms with Crippen molar-refractivity contribution in [1.82, 2.24) is 8.96 Å².